The molecule has 0 saturated carbocycles. The minimum atomic E-state index is -4.56. The van der Waals surface area contributed by atoms with Crippen LogP contribution in [0.15, 0.2) is 0 Å². The lowest BCUT2D eigenvalue weighted by molar-refractivity contribution is -0.164. The van der Waals surface area contributed by atoms with Gasteiger partial charge in [0, 0.05) is 14.1 Å². The molecular weight excluding hydrogens is 263 g/mol. The first-order valence-corrected chi connectivity index (χ1v) is 5.89. The average Bonchev–Trinajstić information content (AvgIpc) is 2.25. The summed E-state index contributed by atoms with van der Waals surface area (Å²) in [5, 5.41) is 0. The Bertz CT molecular complexity index is 319. The van der Waals surface area contributed by atoms with Crippen molar-refractivity contribution in [2.75, 3.05) is 27.2 Å². The molecule has 2 N–H and O–H groups in total. The molecule has 0 aromatic heterocycles. The van der Waals surface area contributed by atoms with Gasteiger partial charge < -0.3 is 15.5 Å². The standard InChI is InChI=1S/C11H20F3N3O2/c1-4-5-8(15)10(19)17(7-11(12,13)14)6-9(18)16(2)3/h8H,4-7,15H2,1-3H3. The van der Waals surface area contributed by atoms with Crippen molar-refractivity contribution < 1.29 is 22.8 Å². The summed E-state index contributed by atoms with van der Waals surface area (Å²) in [4.78, 5) is 24.8. The summed E-state index contributed by atoms with van der Waals surface area (Å²) in [6.07, 6.45) is -3.70. The molecule has 0 rings (SSSR count). The van der Waals surface area contributed by atoms with E-state index in [1.54, 1.807) is 6.92 Å². The summed E-state index contributed by atoms with van der Waals surface area (Å²) in [7, 11) is 2.81. The zero-order valence-corrected chi connectivity index (χ0v) is 11.3. The Morgan fingerprint density at radius 1 is 1.26 bits per heavy atom. The van der Waals surface area contributed by atoms with E-state index in [1.807, 2.05) is 0 Å². The topological polar surface area (TPSA) is 66.6 Å². The van der Waals surface area contributed by atoms with E-state index in [1.165, 1.54) is 14.1 Å². The fourth-order valence-corrected chi connectivity index (χ4v) is 1.40. The van der Waals surface area contributed by atoms with Gasteiger partial charge in [0.1, 0.15) is 13.1 Å². The Morgan fingerprint density at radius 2 is 1.79 bits per heavy atom. The Hall–Kier alpha value is -1.31. The van der Waals surface area contributed by atoms with Crippen molar-refractivity contribution >= 4 is 11.8 Å². The Kier molecular flexibility index (Phi) is 6.82. The van der Waals surface area contributed by atoms with Crippen molar-refractivity contribution in [3.8, 4) is 0 Å². The van der Waals surface area contributed by atoms with Gasteiger partial charge >= 0.3 is 6.18 Å². The number of likely N-dealkylation sites (N-methyl/N-ethyl adjacent to an activating group) is 1. The molecule has 0 heterocycles. The molecule has 0 aliphatic rings. The van der Waals surface area contributed by atoms with E-state index in [0.29, 0.717) is 11.3 Å². The lowest BCUT2D eigenvalue weighted by Crippen LogP contribution is -2.50. The normalized spacial score (nSPS) is 13.0. The minimum Gasteiger partial charge on any atom is -0.347 e. The van der Waals surface area contributed by atoms with Gasteiger partial charge in [0.05, 0.1) is 6.04 Å². The third-order valence-corrected chi connectivity index (χ3v) is 2.42. The van der Waals surface area contributed by atoms with Crippen LogP contribution in [0.3, 0.4) is 0 Å². The number of amides is 2. The van der Waals surface area contributed by atoms with Crippen molar-refractivity contribution in [2.24, 2.45) is 5.73 Å². The van der Waals surface area contributed by atoms with Gasteiger partial charge in [-0.25, -0.2) is 0 Å². The van der Waals surface area contributed by atoms with Gasteiger partial charge in [-0.05, 0) is 6.42 Å². The molecule has 0 aromatic rings. The molecule has 0 aromatic carbocycles. The van der Waals surface area contributed by atoms with Crippen LogP contribution in [0.5, 0.6) is 0 Å². The monoisotopic (exact) mass is 283 g/mol. The molecule has 0 fully saturated rings. The van der Waals surface area contributed by atoms with E-state index in [-0.39, 0.29) is 6.42 Å². The van der Waals surface area contributed by atoms with Crippen LogP contribution in [0, 0.1) is 0 Å². The quantitative estimate of drug-likeness (QED) is 0.776. The number of rotatable bonds is 6. The van der Waals surface area contributed by atoms with Gasteiger partial charge in [0.2, 0.25) is 11.8 Å². The highest BCUT2D eigenvalue weighted by molar-refractivity contribution is 5.87. The number of nitrogens with two attached hydrogens (primary N) is 1. The molecule has 0 radical (unpaired) electrons. The lowest BCUT2D eigenvalue weighted by atomic mass is 10.1. The number of alkyl halides is 3. The molecule has 0 aliphatic heterocycles. The van der Waals surface area contributed by atoms with Crippen LogP contribution < -0.4 is 5.73 Å². The van der Waals surface area contributed by atoms with Crippen LogP contribution in [0.4, 0.5) is 13.2 Å². The predicted octanol–water partition coefficient (Wildman–Crippen LogP) is 0.593. The van der Waals surface area contributed by atoms with Crippen LogP contribution in [0.1, 0.15) is 19.8 Å². The maximum Gasteiger partial charge on any atom is 0.406 e. The van der Waals surface area contributed by atoms with Crippen molar-refractivity contribution in [3.63, 3.8) is 0 Å². The number of carbonyl (C=O) groups is 2. The summed E-state index contributed by atoms with van der Waals surface area (Å²) >= 11 is 0. The van der Waals surface area contributed by atoms with Crippen LogP contribution in [0.25, 0.3) is 0 Å². The van der Waals surface area contributed by atoms with Gasteiger partial charge in [0.25, 0.3) is 0 Å². The van der Waals surface area contributed by atoms with Crippen LogP contribution in [-0.4, -0.2) is 61.0 Å². The van der Waals surface area contributed by atoms with E-state index >= 15 is 0 Å². The van der Waals surface area contributed by atoms with Gasteiger partial charge in [-0.3, -0.25) is 9.59 Å². The zero-order valence-electron chi connectivity index (χ0n) is 11.3. The van der Waals surface area contributed by atoms with Crippen molar-refractivity contribution in [3.05, 3.63) is 0 Å². The van der Waals surface area contributed by atoms with Crippen molar-refractivity contribution in [2.45, 2.75) is 32.0 Å². The van der Waals surface area contributed by atoms with Crippen LogP contribution in [-0.2, 0) is 9.59 Å². The number of halogens is 3. The number of nitrogens with zero attached hydrogens (tertiary/aromatic N) is 2. The second-order valence-electron chi connectivity index (χ2n) is 4.49. The number of carbonyl (C=O) groups excluding carboxylic acids is 2. The second-order valence-corrected chi connectivity index (χ2v) is 4.49. The first-order valence-electron chi connectivity index (χ1n) is 5.89. The highest BCUT2D eigenvalue weighted by Crippen LogP contribution is 2.17. The van der Waals surface area contributed by atoms with E-state index < -0.39 is 37.1 Å². The molecule has 5 nitrogen and oxygen atoms in total. The second kappa shape index (κ2) is 7.32. The summed E-state index contributed by atoms with van der Waals surface area (Å²) in [6, 6.07) is -1.01. The first-order chi connectivity index (χ1) is 8.58. The van der Waals surface area contributed by atoms with Gasteiger partial charge in [-0.1, -0.05) is 13.3 Å². The summed E-state index contributed by atoms with van der Waals surface area (Å²) in [5.41, 5.74) is 5.52. The highest BCUT2D eigenvalue weighted by Gasteiger charge is 2.35. The van der Waals surface area contributed by atoms with E-state index in [9.17, 15) is 22.8 Å². The number of hydrogen-bond acceptors (Lipinski definition) is 3. The number of hydrogen-bond donors (Lipinski definition) is 1. The van der Waals surface area contributed by atoms with Gasteiger partial charge in [0.15, 0.2) is 0 Å². The Labute approximate surface area is 110 Å². The Morgan fingerprint density at radius 3 is 2.16 bits per heavy atom. The summed E-state index contributed by atoms with van der Waals surface area (Å²) < 4.78 is 37.2. The molecule has 0 spiro atoms. The average molecular weight is 283 g/mol. The molecule has 1 atom stereocenters. The Balaban J connectivity index is 4.85. The van der Waals surface area contributed by atoms with Gasteiger partial charge in [-0.15, -0.1) is 0 Å². The molecule has 8 heteroatoms. The van der Waals surface area contributed by atoms with E-state index in [2.05, 4.69) is 0 Å². The fourth-order valence-electron chi connectivity index (χ4n) is 1.40. The molecule has 1 unspecified atom stereocenters. The smallest absolute Gasteiger partial charge is 0.347 e. The highest BCUT2D eigenvalue weighted by atomic mass is 19.4. The lowest BCUT2D eigenvalue weighted by Gasteiger charge is -2.27. The molecule has 2 amide bonds. The van der Waals surface area contributed by atoms with E-state index in [0.717, 1.165) is 4.90 Å². The maximum absolute atomic E-state index is 12.4. The molecule has 0 aliphatic carbocycles. The van der Waals surface area contributed by atoms with Crippen molar-refractivity contribution in [1.82, 2.24) is 9.80 Å². The van der Waals surface area contributed by atoms with Gasteiger partial charge in [-0.2, -0.15) is 13.2 Å². The molecule has 19 heavy (non-hydrogen) atoms. The van der Waals surface area contributed by atoms with Crippen LogP contribution >= 0.6 is 0 Å². The largest absolute Gasteiger partial charge is 0.406 e. The third kappa shape index (κ3) is 7.00. The predicted molar refractivity (Wildman–Crippen MR) is 64.2 cm³/mol. The molecular formula is C11H20F3N3O2. The van der Waals surface area contributed by atoms with Crippen LogP contribution in [0.2, 0.25) is 0 Å². The van der Waals surface area contributed by atoms with E-state index in [4.69, 9.17) is 5.73 Å². The van der Waals surface area contributed by atoms with Crippen molar-refractivity contribution in [1.29, 1.82) is 0 Å². The summed E-state index contributed by atoms with van der Waals surface area (Å²) in [6.45, 7) is -0.322. The first kappa shape index (κ1) is 17.7. The molecule has 112 valence electrons. The third-order valence-electron chi connectivity index (χ3n) is 2.42. The molecule has 0 bridgehead atoms. The fraction of sp³-hybridized carbons (Fsp3) is 0.818. The molecule has 0 saturated heterocycles. The summed E-state index contributed by atoms with van der Waals surface area (Å²) in [5.74, 6) is -1.43. The zero-order chi connectivity index (χ0) is 15.2. The minimum absolute atomic E-state index is 0.281. The maximum atomic E-state index is 12.4. The SMILES string of the molecule is CCCC(N)C(=O)N(CC(=O)N(C)C)CC(F)(F)F.